The van der Waals surface area contributed by atoms with E-state index in [1.54, 1.807) is 0 Å². The summed E-state index contributed by atoms with van der Waals surface area (Å²) in [5.74, 6) is -4.25. The first kappa shape index (κ1) is 12.4. The van der Waals surface area contributed by atoms with Gasteiger partial charge in [0.15, 0.2) is 11.6 Å². The Morgan fingerprint density at radius 3 is 2.44 bits per heavy atom. The highest BCUT2D eigenvalue weighted by atomic mass is 19.2. The van der Waals surface area contributed by atoms with Gasteiger partial charge < -0.3 is 4.74 Å². The lowest BCUT2D eigenvalue weighted by Crippen LogP contribution is -2.06. The summed E-state index contributed by atoms with van der Waals surface area (Å²) in [6.45, 7) is 2.40. The zero-order valence-electron chi connectivity index (χ0n) is 9.68. The molecule has 0 unspecified atom stereocenters. The van der Waals surface area contributed by atoms with E-state index in [0.29, 0.717) is 0 Å². The summed E-state index contributed by atoms with van der Waals surface area (Å²) < 4.78 is 45.7. The van der Waals surface area contributed by atoms with Crippen LogP contribution >= 0.6 is 0 Å². The number of carbonyl (C=O) groups excluding carboxylic acids is 1. The van der Waals surface area contributed by atoms with Crippen molar-refractivity contribution >= 4 is 16.7 Å². The number of benzene rings is 2. The van der Waals surface area contributed by atoms with Gasteiger partial charge in [-0.3, -0.25) is 4.79 Å². The fourth-order valence-electron chi connectivity index (χ4n) is 1.79. The predicted octanol–water partition coefficient (Wildman–Crippen LogP) is 3.49. The largest absolute Gasteiger partial charge is 0.426 e. The molecular weight excluding hydrogens is 245 g/mol. The molecule has 0 bridgehead atoms. The van der Waals surface area contributed by atoms with Crippen LogP contribution in [0.15, 0.2) is 18.2 Å². The van der Waals surface area contributed by atoms with E-state index in [2.05, 4.69) is 0 Å². The fraction of sp³-hybridized carbons (Fsp3) is 0.154. The maximum Gasteiger partial charge on any atom is 0.308 e. The fourth-order valence-corrected chi connectivity index (χ4v) is 1.79. The summed E-state index contributed by atoms with van der Waals surface area (Å²) in [5, 5.41) is -0.488. The summed E-state index contributed by atoms with van der Waals surface area (Å²) in [5.41, 5.74) is -0.166. The summed E-state index contributed by atoms with van der Waals surface area (Å²) in [7, 11) is 0. The molecule has 94 valence electrons. The molecule has 0 aliphatic carbocycles. The smallest absolute Gasteiger partial charge is 0.308 e. The monoisotopic (exact) mass is 254 g/mol. The minimum absolute atomic E-state index is 0.0293. The van der Waals surface area contributed by atoms with Crippen LogP contribution in [-0.2, 0) is 4.79 Å². The van der Waals surface area contributed by atoms with Crippen molar-refractivity contribution in [2.75, 3.05) is 0 Å². The van der Waals surface area contributed by atoms with E-state index in [1.807, 2.05) is 0 Å². The van der Waals surface area contributed by atoms with Crippen molar-refractivity contribution in [2.45, 2.75) is 13.8 Å². The number of halogens is 3. The van der Waals surface area contributed by atoms with Gasteiger partial charge in [-0.25, -0.2) is 13.2 Å². The Morgan fingerprint density at radius 2 is 1.83 bits per heavy atom. The highest BCUT2D eigenvalue weighted by Crippen LogP contribution is 2.35. The third-order valence-corrected chi connectivity index (χ3v) is 2.59. The quantitative estimate of drug-likeness (QED) is 0.575. The Morgan fingerprint density at radius 1 is 1.17 bits per heavy atom. The van der Waals surface area contributed by atoms with Crippen molar-refractivity contribution in [3.05, 3.63) is 41.2 Å². The van der Waals surface area contributed by atoms with Crippen LogP contribution in [0.5, 0.6) is 5.75 Å². The second-order valence-electron chi connectivity index (χ2n) is 3.84. The number of hydrogen-bond acceptors (Lipinski definition) is 2. The molecule has 2 aromatic carbocycles. The van der Waals surface area contributed by atoms with Crippen LogP contribution in [0.1, 0.15) is 12.5 Å². The van der Waals surface area contributed by atoms with Crippen molar-refractivity contribution < 1.29 is 22.7 Å². The third kappa shape index (κ3) is 1.81. The molecule has 2 nitrogen and oxygen atoms in total. The van der Waals surface area contributed by atoms with Crippen LogP contribution in [0.4, 0.5) is 13.2 Å². The van der Waals surface area contributed by atoms with Gasteiger partial charge in [-0.2, -0.15) is 0 Å². The first-order valence-electron chi connectivity index (χ1n) is 5.17. The highest BCUT2D eigenvalue weighted by molar-refractivity contribution is 5.92. The number of ether oxygens (including phenoxy) is 1. The second kappa shape index (κ2) is 4.33. The lowest BCUT2D eigenvalue weighted by atomic mass is 10.0. The van der Waals surface area contributed by atoms with E-state index < -0.39 is 28.8 Å². The van der Waals surface area contributed by atoms with Gasteiger partial charge in [0.05, 0.1) is 5.39 Å². The molecule has 2 rings (SSSR count). The molecule has 0 saturated carbocycles. The molecule has 0 saturated heterocycles. The highest BCUT2D eigenvalue weighted by Gasteiger charge is 2.21. The van der Waals surface area contributed by atoms with Crippen LogP contribution < -0.4 is 4.74 Å². The molecule has 5 heteroatoms. The van der Waals surface area contributed by atoms with Crippen molar-refractivity contribution in [1.82, 2.24) is 0 Å². The lowest BCUT2D eigenvalue weighted by molar-refractivity contribution is -0.131. The number of rotatable bonds is 1. The molecule has 2 aromatic rings. The molecular formula is C13H9F3O2. The normalized spacial score (nSPS) is 10.7. The summed E-state index contributed by atoms with van der Waals surface area (Å²) in [4.78, 5) is 11.0. The summed E-state index contributed by atoms with van der Waals surface area (Å²) in [6.07, 6.45) is 0. The lowest BCUT2D eigenvalue weighted by Gasteiger charge is -2.12. The van der Waals surface area contributed by atoms with Gasteiger partial charge in [0, 0.05) is 17.9 Å². The Bertz CT molecular complexity index is 650. The van der Waals surface area contributed by atoms with Crippen molar-refractivity contribution in [1.29, 1.82) is 0 Å². The van der Waals surface area contributed by atoms with Gasteiger partial charge >= 0.3 is 5.97 Å². The number of fused-ring (bicyclic) bond motifs is 1. The SMILES string of the molecule is CC(=O)Oc1c(C)c(F)c(F)c2c(F)cccc12. The van der Waals surface area contributed by atoms with E-state index in [0.717, 1.165) is 13.0 Å². The molecule has 0 aliphatic heterocycles. The van der Waals surface area contributed by atoms with E-state index in [9.17, 15) is 18.0 Å². The maximum absolute atomic E-state index is 13.7. The number of hydrogen-bond donors (Lipinski definition) is 0. The van der Waals surface area contributed by atoms with Gasteiger partial charge in [-0.05, 0) is 13.0 Å². The maximum atomic E-state index is 13.7. The van der Waals surface area contributed by atoms with Gasteiger partial charge in [-0.15, -0.1) is 0 Å². The Kier molecular flexibility index (Phi) is 2.98. The third-order valence-electron chi connectivity index (χ3n) is 2.59. The van der Waals surface area contributed by atoms with Crippen LogP contribution in [-0.4, -0.2) is 5.97 Å². The first-order valence-corrected chi connectivity index (χ1v) is 5.17. The van der Waals surface area contributed by atoms with Crippen LogP contribution in [0.2, 0.25) is 0 Å². The zero-order chi connectivity index (χ0) is 13.4. The minimum Gasteiger partial charge on any atom is -0.426 e. The Hall–Kier alpha value is -2.04. The summed E-state index contributed by atoms with van der Waals surface area (Å²) in [6, 6.07) is 3.71. The topological polar surface area (TPSA) is 26.3 Å². The van der Waals surface area contributed by atoms with E-state index in [-0.39, 0.29) is 16.7 Å². The standard InChI is InChI=1S/C13H9F3O2/c1-6-11(15)12(16)10-8(4-3-5-9(10)14)13(6)18-7(2)17/h3-5H,1-2H3. The van der Waals surface area contributed by atoms with Crippen molar-refractivity contribution in [3.8, 4) is 5.75 Å². The molecule has 0 radical (unpaired) electrons. The molecule has 18 heavy (non-hydrogen) atoms. The van der Waals surface area contributed by atoms with Crippen LogP contribution in [0.25, 0.3) is 10.8 Å². The summed E-state index contributed by atoms with van der Waals surface area (Å²) >= 11 is 0. The molecule has 0 atom stereocenters. The van der Waals surface area contributed by atoms with Gasteiger partial charge in [0.2, 0.25) is 0 Å². The molecule has 0 N–H and O–H groups in total. The molecule has 0 fully saturated rings. The average Bonchev–Trinajstić information content (AvgIpc) is 2.31. The first-order chi connectivity index (χ1) is 8.43. The average molecular weight is 254 g/mol. The Labute approximate surface area is 101 Å². The molecule has 0 heterocycles. The van der Waals surface area contributed by atoms with E-state index in [1.165, 1.54) is 19.1 Å². The minimum atomic E-state index is -1.28. The Balaban J connectivity index is 2.92. The molecule has 0 aromatic heterocycles. The van der Waals surface area contributed by atoms with Gasteiger partial charge in [-0.1, -0.05) is 12.1 Å². The molecule has 0 spiro atoms. The van der Waals surface area contributed by atoms with E-state index in [4.69, 9.17) is 4.74 Å². The van der Waals surface area contributed by atoms with Crippen molar-refractivity contribution in [2.24, 2.45) is 0 Å². The van der Waals surface area contributed by atoms with Crippen molar-refractivity contribution in [3.63, 3.8) is 0 Å². The van der Waals surface area contributed by atoms with E-state index >= 15 is 0 Å². The van der Waals surface area contributed by atoms with Crippen LogP contribution in [0.3, 0.4) is 0 Å². The number of esters is 1. The van der Waals surface area contributed by atoms with Crippen LogP contribution in [0, 0.1) is 24.4 Å². The predicted molar refractivity (Wildman–Crippen MR) is 59.9 cm³/mol. The second-order valence-corrected chi connectivity index (χ2v) is 3.84. The molecule has 0 amide bonds. The van der Waals surface area contributed by atoms with Gasteiger partial charge in [0.25, 0.3) is 0 Å². The zero-order valence-corrected chi connectivity index (χ0v) is 9.68. The van der Waals surface area contributed by atoms with Gasteiger partial charge in [0.1, 0.15) is 11.6 Å². The number of carbonyl (C=O) groups is 1. The molecule has 0 aliphatic rings.